The van der Waals surface area contributed by atoms with Gasteiger partial charge in [0.25, 0.3) is 0 Å². The molecule has 0 fully saturated rings. The van der Waals surface area contributed by atoms with Crippen molar-refractivity contribution in [3.63, 3.8) is 0 Å². The van der Waals surface area contributed by atoms with E-state index in [1.165, 1.54) is 47.0 Å². The van der Waals surface area contributed by atoms with Gasteiger partial charge in [-0.3, -0.25) is 0 Å². The molecule has 1 aromatic heterocycles. The Bertz CT molecular complexity index is 670. The Balaban J connectivity index is 1.93. The lowest BCUT2D eigenvalue weighted by atomic mass is 9.95. The van der Waals surface area contributed by atoms with Crippen molar-refractivity contribution in [1.82, 2.24) is 9.47 Å². The molecule has 126 valence electrons. The zero-order chi connectivity index (χ0) is 16.4. The first-order valence-corrected chi connectivity index (χ1v) is 9.15. The molecular weight excluding hydrogens is 284 g/mol. The lowest BCUT2D eigenvalue weighted by molar-refractivity contribution is 0.103. The molecule has 3 heteroatoms. The summed E-state index contributed by atoms with van der Waals surface area (Å²) in [6.07, 6.45) is 4.60. The molecular formula is C20H30N2O. The number of hydrogen-bond donors (Lipinski definition) is 1. The van der Waals surface area contributed by atoms with Gasteiger partial charge in [0.1, 0.15) is 0 Å². The number of aromatic nitrogens is 1. The standard InChI is InChI=1S/C20H30N2O/c1-4-21(5-2)13-16(23)14-22-19-9-7-6-8-17(19)18-12-15(3)10-11-20(18)22/h10-12,16,23H,4-9,13-14H2,1-3H3/t16-/m0/s1. The third-order valence-electron chi connectivity index (χ3n) is 5.29. The van der Waals surface area contributed by atoms with Crippen LogP contribution in [0.5, 0.6) is 0 Å². The summed E-state index contributed by atoms with van der Waals surface area (Å²) in [4.78, 5) is 2.30. The van der Waals surface area contributed by atoms with Crippen LogP contribution in [-0.2, 0) is 19.4 Å². The van der Waals surface area contributed by atoms with E-state index in [2.05, 4.69) is 48.4 Å². The van der Waals surface area contributed by atoms with Crippen molar-refractivity contribution in [1.29, 1.82) is 0 Å². The SMILES string of the molecule is CCN(CC)C[C@H](O)Cn1c2c(c3cc(C)ccc31)CCCC2. The Hall–Kier alpha value is -1.32. The van der Waals surface area contributed by atoms with E-state index in [1.807, 2.05) is 0 Å². The summed E-state index contributed by atoms with van der Waals surface area (Å²) in [5.41, 5.74) is 5.63. The highest BCUT2D eigenvalue weighted by Gasteiger charge is 2.21. The lowest BCUT2D eigenvalue weighted by Gasteiger charge is -2.24. The van der Waals surface area contributed by atoms with Gasteiger partial charge in [0.15, 0.2) is 0 Å². The van der Waals surface area contributed by atoms with Crippen molar-refractivity contribution < 1.29 is 5.11 Å². The topological polar surface area (TPSA) is 28.4 Å². The zero-order valence-electron chi connectivity index (χ0n) is 14.8. The molecule has 0 amide bonds. The Labute approximate surface area is 139 Å². The van der Waals surface area contributed by atoms with Gasteiger partial charge in [-0.1, -0.05) is 25.5 Å². The average Bonchev–Trinajstić information content (AvgIpc) is 2.86. The summed E-state index contributed by atoms with van der Waals surface area (Å²) in [6, 6.07) is 6.76. The molecule has 1 aliphatic rings. The van der Waals surface area contributed by atoms with Gasteiger partial charge in [0.2, 0.25) is 0 Å². The second-order valence-electron chi connectivity index (χ2n) is 6.90. The predicted molar refractivity (Wildman–Crippen MR) is 97.1 cm³/mol. The average molecular weight is 314 g/mol. The summed E-state index contributed by atoms with van der Waals surface area (Å²) in [6.45, 7) is 9.95. The van der Waals surface area contributed by atoms with Gasteiger partial charge in [-0.05, 0) is 63.4 Å². The van der Waals surface area contributed by atoms with E-state index in [1.54, 1.807) is 0 Å². The number of fused-ring (bicyclic) bond motifs is 3. The third kappa shape index (κ3) is 3.31. The summed E-state index contributed by atoms with van der Waals surface area (Å²) in [5, 5.41) is 12.0. The van der Waals surface area contributed by atoms with Crippen LogP contribution in [0.3, 0.4) is 0 Å². The van der Waals surface area contributed by atoms with Crippen molar-refractivity contribution in [2.45, 2.75) is 59.1 Å². The fraction of sp³-hybridized carbons (Fsp3) is 0.600. The molecule has 1 heterocycles. The number of benzene rings is 1. The van der Waals surface area contributed by atoms with Crippen molar-refractivity contribution >= 4 is 10.9 Å². The maximum absolute atomic E-state index is 10.6. The Morgan fingerprint density at radius 3 is 2.65 bits per heavy atom. The second kappa shape index (κ2) is 7.06. The second-order valence-corrected chi connectivity index (χ2v) is 6.90. The highest BCUT2D eigenvalue weighted by Crippen LogP contribution is 2.33. The summed E-state index contributed by atoms with van der Waals surface area (Å²) in [7, 11) is 0. The Morgan fingerprint density at radius 1 is 1.17 bits per heavy atom. The van der Waals surface area contributed by atoms with Crippen LogP contribution in [0.25, 0.3) is 10.9 Å². The molecule has 1 N–H and O–H groups in total. The molecule has 1 atom stereocenters. The van der Waals surface area contributed by atoms with Crippen LogP contribution in [0.15, 0.2) is 18.2 Å². The van der Waals surface area contributed by atoms with Crippen molar-refractivity contribution in [2.24, 2.45) is 0 Å². The highest BCUT2D eigenvalue weighted by molar-refractivity contribution is 5.86. The molecule has 1 aliphatic carbocycles. The van der Waals surface area contributed by atoms with Gasteiger partial charge in [0, 0.05) is 23.1 Å². The van der Waals surface area contributed by atoms with E-state index in [9.17, 15) is 5.11 Å². The number of aliphatic hydroxyl groups excluding tert-OH is 1. The number of rotatable bonds is 6. The van der Waals surface area contributed by atoms with Crippen molar-refractivity contribution in [2.75, 3.05) is 19.6 Å². The van der Waals surface area contributed by atoms with E-state index in [-0.39, 0.29) is 6.10 Å². The van der Waals surface area contributed by atoms with Crippen molar-refractivity contribution in [3.05, 3.63) is 35.0 Å². The largest absolute Gasteiger partial charge is 0.390 e. The number of likely N-dealkylation sites (N-methyl/N-ethyl adjacent to an activating group) is 1. The number of aryl methyl sites for hydroxylation is 2. The maximum Gasteiger partial charge on any atom is 0.0845 e. The van der Waals surface area contributed by atoms with E-state index >= 15 is 0 Å². The van der Waals surface area contributed by atoms with Crippen LogP contribution < -0.4 is 0 Å². The number of aliphatic hydroxyl groups is 1. The molecule has 0 radical (unpaired) electrons. The third-order valence-corrected chi connectivity index (χ3v) is 5.29. The maximum atomic E-state index is 10.6. The monoisotopic (exact) mass is 314 g/mol. The van der Waals surface area contributed by atoms with Crippen LogP contribution in [0.2, 0.25) is 0 Å². The molecule has 0 aliphatic heterocycles. The molecule has 0 unspecified atom stereocenters. The molecule has 3 rings (SSSR count). The van der Waals surface area contributed by atoms with Gasteiger partial charge in [-0.25, -0.2) is 0 Å². The molecule has 0 spiro atoms. The number of hydrogen-bond acceptors (Lipinski definition) is 2. The molecule has 23 heavy (non-hydrogen) atoms. The van der Waals surface area contributed by atoms with Gasteiger partial charge in [-0.2, -0.15) is 0 Å². The van der Waals surface area contributed by atoms with Gasteiger partial charge < -0.3 is 14.6 Å². The molecule has 2 aromatic rings. The molecule has 3 nitrogen and oxygen atoms in total. The first kappa shape index (κ1) is 16.5. The molecule has 1 aromatic carbocycles. The predicted octanol–water partition coefficient (Wildman–Crippen LogP) is 3.53. The first-order chi connectivity index (χ1) is 11.1. The van der Waals surface area contributed by atoms with Crippen LogP contribution >= 0.6 is 0 Å². The Kier molecular flexibility index (Phi) is 5.08. The first-order valence-electron chi connectivity index (χ1n) is 9.15. The smallest absolute Gasteiger partial charge is 0.0845 e. The van der Waals surface area contributed by atoms with Gasteiger partial charge in [0.05, 0.1) is 12.6 Å². The van der Waals surface area contributed by atoms with Gasteiger partial charge >= 0.3 is 0 Å². The van der Waals surface area contributed by atoms with E-state index in [0.717, 1.165) is 26.1 Å². The quantitative estimate of drug-likeness (QED) is 0.883. The van der Waals surface area contributed by atoms with Gasteiger partial charge in [-0.15, -0.1) is 0 Å². The highest BCUT2D eigenvalue weighted by atomic mass is 16.3. The van der Waals surface area contributed by atoms with E-state index in [0.29, 0.717) is 6.54 Å². The fourth-order valence-electron chi connectivity index (χ4n) is 4.01. The molecule has 0 bridgehead atoms. The number of nitrogens with zero attached hydrogens (tertiary/aromatic N) is 2. The van der Waals surface area contributed by atoms with Crippen molar-refractivity contribution in [3.8, 4) is 0 Å². The minimum absolute atomic E-state index is 0.308. The molecule has 0 saturated carbocycles. The van der Waals surface area contributed by atoms with Crippen LogP contribution in [0.1, 0.15) is 43.5 Å². The summed E-state index contributed by atoms with van der Waals surface area (Å²) >= 11 is 0. The van der Waals surface area contributed by atoms with Crippen LogP contribution in [0, 0.1) is 6.92 Å². The lowest BCUT2D eigenvalue weighted by Crippen LogP contribution is -2.34. The minimum Gasteiger partial charge on any atom is -0.390 e. The normalized spacial score (nSPS) is 16.0. The van der Waals surface area contributed by atoms with Crippen LogP contribution in [0.4, 0.5) is 0 Å². The van der Waals surface area contributed by atoms with Crippen LogP contribution in [-0.4, -0.2) is 40.3 Å². The Morgan fingerprint density at radius 2 is 1.91 bits per heavy atom. The zero-order valence-corrected chi connectivity index (χ0v) is 14.8. The minimum atomic E-state index is -0.308. The summed E-state index contributed by atoms with van der Waals surface area (Å²) in [5.74, 6) is 0. The fourth-order valence-corrected chi connectivity index (χ4v) is 4.01. The summed E-state index contributed by atoms with van der Waals surface area (Å²) < 4.78 is 2.40. The molecule has 0 saturated heterocycles. The van der Waals surface area contributed by atoms with E-state index < -0.39 is 0 Å². The van der Waals surface area contributed by atoms with E-state index in [4.69, 9.17) is 0 Å².